The Balaban J connectivity index is 1.24. The molecular weight excluding hydrogens is 767 g/mol. The van der Waals surface area contributed by atoms with Gasteiger partial charge in [-0.25, -0.2) is 0 Å². The van der Waals surface area contributed by atoms with Crippen LogP contribution in [0.15, 0.2) is 200 Å². The Labute approximate surface area is 363 Å². The van der Waals surface area contributed by atoms with E-state index in [0.717, 1.165) is 82.7 Å². The molecular formula is C58H33N5. The maximum absolute atomic E-state index is 11.3. The zero-order valence-corrected chi connectivity index (χ0v) is 33.8. The summed E-state index contributed by atoms with van der Waals surface area (Å²) < 4.78 is 4.44. The van der Waals surface area contributed by atoms with Crippen LogP contribution in [0, 0.1) is 34.0 Å². The largest absolute Gasteiger partial charge is 0.309 e. The van der Waals surface area contributed by atoms with E-state index in [0.29, 0.717) is 11.3 Å². The summed E-state index contributed by atoms with van der Waals surface area (Å²) in [6.07, 6.45) is 0. The quantitative estimate of drug-likeness (QED) is 0.174. The minimum atomic E-state index is -0.663. The fourth-order valence-corrected chi connectivity index (χ4v) is 10.6. The predicted octanol–water partition coefficient (Wildman–Crippen LogP) is 13.5. The lowest BCUT2D eigenvalue weighted by Gasteiger charge is -2.34. The van der Waals surface area contributed by atoms with Gasteiger partial charge in [0.2, 0.25) is 0 Å². The first kappa shape index (κ1) is 35.9. The van der Waals surface area contributed by atoms with E-state index < -0.39 is 5.41 Å². The SMILES string of the molecule is N#Cc1ccc(-n2c3ccccc3c3ccccc32)c(-c2ccc(C#N)c(C#N)c2-n2c3ccccc3c3cc4c(cc32)C(c2ccccc2)(c2ccccc2)c2ccccc2-4)c1. The van der Waals surface area contributed by atoms with Gasteiger partial charge in [-0.15, -0.1) is 0 Å². The summed E-state index contributed by atoms with van der Waals surface area (Å²) in [6.45, 7) is 0. The highest BCUT2D eigenvalue weighted by atomic mass is 15.0. The second-order valence-electron chi connectivity index (χ2n) is 16.1. The number of nitriles is 3. The second-order valence-corrected chi connectivity index (χ2v) is 16.1. The standard InChI is InChI=1S/C58H33N5/c59-34-37-27-30-55(62-52-24-12-8-20-42(52)43-21-9-13-25-53(43)62)47(31-37)45-29-28-38(35-60)49(36-61)57(45)63-54-26-14-10-22-44(54)48-32-46-41-19-7-11-23-50(41)58(51(46)33-56(48)63,39-15-3-1-4-16-39)40-17-5-2-6-18-40/h1-33H. The van der Waals surface area contributed by atoms with Gasteiger partial charge in [0.1, 0.15) is 12.1 Å². The summed E-state index contributed by atoms with van der Waals surface area (Å²) in [5.74, 6) is 0. The highest BCUT2D eigenvalue weighted by Crippen LogP contribution is 2.57. The molecule has 0 spiro atoms. The average molecular weight is 800 g/mol. The van der Waals surface area contributed by atoms with Crippen molar-refractivity contribution in [2.45, 2.75) is 5.41 Å². The van der Waals surface area contributed by atoms with E-state index in [4.69, 9.17) is 0 Å². The maximum Gasteiger partial charge on any atom is 0.103 e. The van der Waals surface area contributed by atoms with Gasteiger partial charge in [0.05, 0.1) is 61.6 Å². The molecule has 0 amide bonds. The van der Waals surface area contributed by atoms with Crippen LogP contribution in [0.2, 0.25) is 0 Å². The van der Waals surface area contributed by atoms with Gasteiger partial charge in [0, 0.05) is 32.7 Å². The molecule has 5 heteroatoms. The molecule has 0 unspecified atom stereocenters. The molecule has 2 aromatic heterocycles. The van der Waals surface area contributed by atoms with Crippen molar-refractivity contribution >= 4 is 43.6 Å². The van der Waals surface area contributed by atoms with Crippen molar-refractivity contribution in [2.75, 3.05) is 0 Å². The molecule has 0 aliphatic heterocycles. The van der Waals surface area contributed by atoms with Crippen LogP contribution in [0.1, 0.15) is 38.9 Å². The minimum absolute atomic E-state index is 0.259. The Morgan fingerprint density at radius 2 is 0.937 bits per heavy atom. The highest BCUT2D eigenvalue weighted by molar-refractivity contribution is 6.13. The first-order valence-electron chi connectivity index (χ1n) is 20.9. The predicted molar refractivity (Wildman–Crippen MR) is 252 cm³/mol. The van der Waals surface area contributed by atoms with Crippen LogP contribution >= 0.6 is 0 Å². The summed E-state index contributed by atoms with van der Waals surface area (Å²) in [7, 11) is 0. The van der Waals surface area contributed by atoms with Crippen LogP contribution in [0.25, 0.3) is 77.2 Å². The van der Waals surface area contributed by atoms with Crippen LogP contribution in [0.4, 0.5) is 0 Å². The molecule has 1 aliphatic carbocycles. The molecule has 2 heterocycles. The smallest absolute Gasteiger partial charge is 0.103 e. The third-order valence-electron chi connectivity index (χ3n) is 13.1. The van der Waals surface area contributed by atoms with Crippen molar-refractivity contribution < 1.29 is 0 Å². The molecule has 63 heavy (non-hydrogen) atoms. The van der Waals surface area contributed by atoms with Crippen LogP contribution in [-0.2, 0) is 5.41 Å². The number of hydrogen-bond acceptors (Lipinski definition) is 3. The van der Waals surface area contributed by atoms with Crippen molar-refractivity contribution in [3.63, 3.8) is 0 Å². The van der Waals surface area contributed by atoms with E-state index >= 15 is 0 Å². The number of aromatic nitrogens is 2. The normalized spacial score (nSPS) is 12.5. The molecule has 9 aromatic carbocycles. The monoisotopic (exact) mass is 799 g/mol. The first-order valence-corrected chi connectivity index (χ1v) is 20.9. The molecule has 5 nitrogen and oxygen atoms in total. The molecule has 0 saturated heterocycles. The van der Waals surface area contributed by atoms with E-state index in [-0.39, 0.29) is 11.1 Å². The Kier molecular flexibility index (Phi) is 7.87. The molecule has 12 rings (SSSR count). The van der Waals surface area contributed by atoms with E-state index in [9.17, 15) is 15.8 Å². The highest BCUT2D eigenvalue weighted by Gasteiger charge is 2.46. The third-order valence-corrected chi connectivity index (χ3v) is 13.1. The second kappa shape index (κ2) is 13.8. The lowest BCUT2D eigenvalue weighted by Crippen LogP contribution is -2.28. The molecule has 0 atom stereocenters. The van der Waals surface area contributed by atoms with Gasteiger partial charge in [-0.3, -0.25) is 0 Å². The number of hydrogen-bond donors (Lipinski definition) is 0. The molecule has 1 aliphatic rings. The lowest BCUT2D eigenvalue weighted by molar-refractivity contribution is 0.769. The van der Waals surface area contributed by atoms with Gasteiger partial charge in [0.15, 0.2) is 0 Å². The third kappa shape index (κ3) is 4.95. The first-order chi connectivity index (χ1) is 31.1. The molecule has 0 N–H and O–H groups in total. The summed E-state index contributed by atoms with van der Waals surface area (Å²) in [4.78, 5) is 0. The Hall–Kier alpha value is -8.95. The number of nitrogens with zero attached hydrogens (tertiary/aromatic N) is 5. The van der Waals surface area contributed by atoms with Crippen LogP contribution in [-0.4, -0.2) is 9.13 Å². The van der Waals surface area contributed by atoms with Crippen molar-refractivity contribution in [3.8, 4) is 51.8 Å². The fourth-order valence-electron chi connectivity index (χ4n) is 10.6. The maximum atomic E-state index is 11.3. The average Bonchev–Trinajstić information content (AvgIpc) is 3.97. The molecule has 290 valence electrons. The summed E-state index contributed by atoms with van der Waals surface area (Å²) in [5.41, 5.74) is 14.1. The van der Waals surface area contributed by atoms with Gasteiger partial charge >= 0.3 is 0 Å². The van der Waals surface area contributed by atoms with Crippen molar-refractivity contribution in [1.82, 2.24) is 9.13 Å². The van der Waals surface area contributed by atoms with E-state index in [1.807, 2.05) is 42.5 Å². The van der Waals surface area contributed by atoms with Crippen molar-refractivity contribution in [3.05, 3.63) is 239 Å². The van der Waals surface area contributed by atoms with Crippen LogP contribution in [0.5, 0.6) is 0 Å². The van der Waals surface area contributed by atoms with Crippen LogP contribution in [0.3, 0.4) is 0 Å². The molecule has 0 bridgehead atoms. The Morgan fingerprint density at radius 3 is 1.56 bits per heavy atom. The van der Waals surface area contributed by atoms with Gasteiger partial charge in [-0.1, -0.05) is 146 Å². The molecule has 0 fully saturated rings. The van der Waals surface area contributed by atoms with Gasteiger partial charge in [-0.2, -0.15) is 15.8 Å². The molecule has 11 aromatic rings. The number of rotatable bonds is 5. The zero-order chi connectivity index (χ0) is 42.2. The van der Waals surface area contributed by atoms with Gasteiger partial charge in [-0.05, 0) is 88.0 Å². The zero-order valence-electron chi connectivity index (χ0n) is 33.8. The Morgan fingerprint density at radius 1 is 0.365 bits per heavy atom. The van der Waals surface area contributed by atoms with Crippen LogP contribution < -0.4 is 0 Å². The van der Waals surface area contributed by atoms with Gasteiger partial charge < -0.3 is 9.13 Å². The lowest BCUT2D eigenvalue weighted by atomic mass is 9.67. The number of para-hydroxylation sites is 3. The number of benzene rings is 9. The van der Waals surface area contributed by atoms with Crippen molar-refractivity contribution in [2.24, 2.45) is 0 Å². The van der Waals surface area contributed by atoms with E-state index in [1.54, 1.807) is 6.07 Å². The summed E-state index contributed by atoms with van der Waals surface area (Å²) >= 11 is 0. The topological polar surface area (TPSA) is 81.2 Å². The molecule has 0 saturated carbocycles. The molecule has 0 radical (unpaired) electrons. The van der Waals surface area contributed by atoms with E-state index in [2.05, 4.69) is 179 Å². The fraction of sp³-hybridized carbons (Fsp3) is 0.0172. The van der Waals surface area contributed by atoms with Crippen molar-refractivity contribution in [1.29, 1.82) is 15.8 Å². The summed E-state index contributed by atoms with van der Waals surface area (Å²) in [5, 5.41) is 36.6. The van der Waals surface area contributed by atoms with Gasteiger partial charge in [0.25, 0.3) is 0 Å². The Bertz CT molecular complexity index is 3740. The minimum Gasteiger partial charge on any atom is -0.309 e. The summed E-state index contributed by atoms with van der Waals surface area (Å²) in [6, 6.07) is 76.6. The van der Waals surface area contributed by atoms with E-state index in [1.165, 1.54) is 11.1 Å². The number of fused-ring (bicyclic) bond motifs is 9.